The van der Waals surface area contributed by atoms with Crippen LogP contribution in [-0.2, 0) is 23.1 Å². The van der Waals surface area contributed by atoms with Crippen molar-refractivity contribution in [1.29, 1.82) is 0 Å². The van der Waals surface area contributed by atoms with Crippen LogP contribution < -0.4 is 0 Å². The number of carbonyl (C=O) groups is 1. The molecular formula is C22H45N2O5PS. The van der Waals surface area contributed by atoms with Crippen LogP contribution in [0.25, 0.3) is 0 Å². The molecule has 31 heavy (non-hydrogen) atoms. The summed E-state index contributed by atoms with van der Waals surface area (Å²) < 4.78 is 30.5. The first-order valence-electron chi connectivity index (χ1n) is 11.3. The molecule has 1 unspecified atom stereocenters. The largest absolute Gasteiger partial charge is 0.464 e. The molecule has 1 fully saturated rings. The van der Waals surface area contributed by atoms with Crippen LogP contribution in [0.4, 0.5) is 0 Å². The van der Waals surface area contributed by atoms with Gasteiger partial charge in [-0.2, -0.15) is 0 Å². The zero-order chi connectivity index (χ0) is 23.9. The molecule has 0 aliphatic carbocycles. The summed E-state index contributed by atoms with van der Waals surface area (Å²) >= 11 is 1.10. The molecule has 0 spiro atoms. The molecule has 0 aromatic heterocycles. The number of rotatable bonds is 12. The Hall–Kier alpha value is -0.110. The lowest BCUT2D eigenvalue weighted by molar-refractivity contribution is -0.153. The highest BCUT2D eigenvalue weighted by atomic mass is 32.7. The lowest BCUT2D eigenvalue weighted by atomic mass is 9.89. The minimum absolute atomic E-state index is 0.175. The van der Waals surface area contributed by atoms with Gasteiger partial charge in [-0.05, 0) is 86.3 Å². The summed E-state index contributed by atoms with van der Waals surface area (Å²) in [5, 5.41) is 0. The van der Waals surface area contributed by atoms with E-state index in [0.717, 1.165) is 50.5 Å². The Morgan fingerprint density at radius 3 is 2.10 bits per heavy atom. The number of hydrogen-bond donors (Lipinski definition) is 0. The molecule has 0 amide bonds. The van der Waals surface area contributed by atoms with Crippen LogP contribution >= 0.6 is 18.2 Å². The molecule has 0 saturated carbocycles. The molecule has 1 saturated heterocycles. The van der Waals surface area contributed by atoms with Crippen LogP contribution in [0.2, 0.25) is 0 Å². The summed E-state index contributed by atoms with van der Waals surface area (Å²) in [6.07, 6.45) is 1.46. The summed E-state index contributed by atoms with van der Waals surface area (Å²) in [7, 11) is 2.14. The van der Waals surface area contributed by atoms with Crippen LogP contribution in [0.3, 0.4) is 0 Å². The number of esters is 1. The van der Waals surface area contributed by atoms with Crippen LogP contribution in [0.5, 0.6) is 0 Å². The number of piperazine rings is 1. The highest BCUT2D eigenvalue weighted by Gasteiger charge is 2.37. The smallest absolute Gasteiger partial charge is 0.390 e. The molecule has 1 aliphatic rings. The van der Waals surface area contributed by atoms with Crippen molar-refractivity contribution in [2.45, 2.75) is 79.4 Å². The molecule has 0 aromatic rings. The lowest BCUT2D eigenvalue weighted by Crippen LogP contribution is -2.45. The molecule has 1 atom stereocenters. The molecule has 9 heteroatoms. The van der Waals surface area contributed by atoms with E-state index in [1.807, 2.05) is 55.4 Å². The van der Waals surface area contributed by atoms with Crippen molar-refractivity contribution in [3.63, 3.8) is 0 Å². The molecular weight excluding hydrogens is 435 g/mol. The Morgan fingerprint density at radius 2 is 1.58 bits per heavy atom. The molecule has 0 bridgehead atoms. The van der Waals surface area contributed by atoms with Crippen molar-refractivity contribution < 1.29 is 23.1 Å². The molecule has 1 aliphatic heterocycles. The Labute approximate surface area is 194 Å². The van der Waals surface area contributed by atoms with Gasteiger partial charge in [0, 0.05) is 31.9 Å². The summed E-state index contributed by atoms with van der Waals surface area (Å²) in [6, 6.07) is 0. The molecule has 0 N–H and O–H groups in total. The van der Waals surface area contributed by atoms with Crippen molar-refractivity contribution in [2.24, 2.45) is 5.41 Å². The number of carbonyl (C=O) groups excluding carboxylic acids is 1. The second kappa shape index (κ2) is 11.8. The summed E-state index contributed by atoms with van der Waals surface area (Å²) in [4.78, 5) is 17.3. The second-order valence-corrected chi connectivity index (χ2v) is 14.6. The van der Waals surface area contributed by atoms with Crippen LogP contribution in [0.1, 0.15) is 68.2 Å². The van der Waals surface area contributed by atoms with Crippen molar-refractivity contribution >= 4 is 24.1 Å². The van der Waals surface area contributed by atoms with E-state index in [1.54, 1.807) is 0 Å². The van der Waals surface area contributed by atoms with Gasteiger partial charge in [-0.25, -0.2) is 4.57 Å². The highest BCUT2D eigenvalue weighted by Crippen LogP contribution is 2.64. The molecule has 184 valence electrons. The van der Waals surface area contributed by atoms with Gasteiger partial charge >= 0.3 is 12.8 Å². The maximum atomic E-state index is 13.3. The van der Waals surface area contributed by atoms with Crippen molar-refractivity contribution in [2.75, 3.05) is 52.1 Å². The van der Waals surface area contributed by atoms with Crippen LogP contribution in [0, 0.1) is 5.41 Å². The Kier molecular flexibility index (Phi) is 11.1. The fourth-order valence-electron chi connectivity index (χ4n) is 2.86. The van der Waals surface area contributed by atoms with Gasteiger partial charge in [0.05, 0.1) is 16.6 Å². The number of likely N-dealkylation sites (N-methyl/N-ethyl adjacent to an activating group) is 1. The van der Waals surface area contributed by atoms with E-state index in [-0.39, 0.29) is 12.6 Å². The van der Waals surface area contributed by atoms with Crippen molar-refractivity contribution in [1.82, 2.24) is 9.80 Å². The van der Waals surface area contributed by atoms with Gasteiger partial charge in [-0.15, -0.1) is 0 Å². The molecule has 0 aromatic carbocycles. The third-order valence-electron chi connectivity index (χ3n) is 5.36. The molecule has 7 nitrogen and oxygen atoms in total. The van der Waals surface area contributed by atoms with Crippen LogP contribution in [-0.4, -0.2) is 79.1 Å². The van der Waals surface area contributed by atoms with Gasteiger partial charge in [0.1, 0.15) is 6.61 Å². The zero-order valence-corrected chi connectivity index (χ0v) is 22.9. The summed E-state index contributed by atoms with van der Waals surface area (Å²) in [5.41, 5.74) is -1.72. The minimum Gasteiger partial charge on any atom is -0.464 e. The minimum atomic E-state index is -3.40. The lowest BCUT2D eigenvalue weighted by Gasteiger charge is -2.34. The molecule has 0 radical (unpaired) electrons. The van der Waals surface area contributed by atoms with E-state index in [2.05, 4.69) is 16.8 Å². The van der Waals surface area contributed by atoms with E-state index in [4.69, 9.17) is 13.8 Å². The van der Waals surface area contributed by atoms with Gasteiger partial charge in [-0.3, -0.25) is 13.8 Å². The van der Waals surface area contributed by atoms with Crippen LogP contribution in [0.15, 0.2) is 0 Å². The number of ether oxygens (including phenoxy) is 1. The maximum absolute atomic E-state index is 13.3. The first kappa shape index (κ1) is 28.9. The quantitative estimate of drug-likeness (QED) is 0.218. The van der Waals surface area contributed by atoms with E-state index in [9.17, 15) is 9.36 Å². The third-order valence-corrected chi connectivity index (χ3v) is 9.46. The molecule has 1 heterocycles. The van der Waals surface area contributed by atoms with Gasteiger partial charge < -0.3 is 14.5 Å². The molecule has 1 rings (SSSR count). The predicted molar refractivity (Wildman–Crippen MR) is 130 cm³/mol. The monoisotopic (exact) mass is 480 g/mol. The van der Waals surface area contributed by atoms with Gasteiger partial charge in [0.15, 0.2) is 0 Å². The fraction of sp³-hybridized carbons (Fsp3) is 0.955. The average molecular weight is 481 g/mol. The maximum Gasteiger partial charge on any atom is 0.390 e. The fourth-order valence-corrected chi connectivity index (χ4v) is 7.28. The standard InChI is InChI=1S/C22H45N2O5PS/c1-10-22(7,8)29-30(26,28-20(2,3)4)31-18-17-27-19(25)21(5,6)11-12-24-15-13-23(9)14-16-24/h10-18H2,1-9H3. The third kappa shape index (κ3) is 11.5. The van der Waals surface area contributed by atoms with Crippen molar-refractivity contribution in [3.8, 4) is 0 Å². The summed E-state index contributed by atoms with van der Waals surface area (Å²) in [5.74, 6) is 0.136. The SMILES string of the molecule is CCC(C)(C)OP(=O)(OC(C)(C)C)SCCOC(=O)C(C)(C)CCN1CCN(C)CC1. The highest BCUT2D eigenvalue weighted by molar-refractivity contribution is 8.55. The van der Waals surface area contributed by atoms with E-state index in [1.165, 1.54) is 0 Å². The van der Waals surface area contributed by atoms with E-state index >= 15 is 0 Å². The topological polar surface area (TPSA) is 68.3 Å². The predicted octanol–water partition coefficient (Wildman–Crippen LogP) is 5.05. The first-order chi connectivity index (χ1) is 14.1. The van der Waals surface area contributed by atoms with E-state index < -0.39 is 23.4 Å². The Bertz CT molecular complexity index is 614. The van der Waals surface area contributed by atoms with Gasteiger partial charge in [-0.1, -0.05) is 6.92 Å². The van der Waals surface area contributed by atoms with Gasteiger partial charge in [0.25, 0.3) is 0 Å². The zero-order valence-electron chi connectivity index (χ0n) is 21.2. The number of hydrogen-bond acceptors (Lipinski definition) is 8. The van der Waals surface area contributed by atoms with Gasteiger partial charge in [0.2, 0.25) is 0 Å². The van der Waals surface area contributed by atoms with E-state index in [0.29, 0.717) is 12.2 Å². The summed E-state index contributed by atoms with van der Waals surface area (Å²) in [6.45, 7) is 17.1. The number of nitrogens with zero attached hydrogens (tertiary/aromatic N) is 2. The Morgan fingerprint density at radius 1 is 1.00 bits per heavy atom. The Balaban J connectivity index is 2.50. The normalized spacial score (nSPS) is 19.3. The van der Waals surface area contributed by atoms with Crippen molar-refractivity contribution in [3.05, 3.63) is 0 Å². The first-order valence-corrected chi connectivity index (χ1v) is 14.5. The second-order valence-electron chi connectivity index (χ2n) is 10.6. The average Bonchev–Trinajstić information content (AvgIpc) is 2.62.